The van der Waals surface area contributed by atoms with Gasteiger partial charge in [0.15, 0.2) is 0 Å². The second-order valence-corrected chi connectivity index (χ2v) is 4.12. The van der Waals surface area contributed by atoms with E-state index in [1.165, 1.54) is 5.56 Å². The Labute approximate surface area is 96.3 Å². The number of nitrogens with two attached hydrogens (primary N) is 1. The third-order valence-corrected chi connectivity index (χ3v) is 2.67. The highest BCUT2D eigenvalue weighted by Gasteiger charge is 2.02. The van der Waals surface area contributed by atoms with Gasteiger partial charge in [0, 0.05) is 4.47 Å². The Kier molecular flexibility index (Phi) is 3.13. The third kappa shape index (κ3) is 2.43. The summed E-state index contributed by atoms with van der Waals surface area (Å²) in [5.41, 5.74) is 6.74. The Morgan fingerprint density at radius 1 is 1.27 bits per heavy atom. The lowest BCUT2D eigenvalue weighted by molar-refractivity contribution is 0.724. The van der Waals surface area contributed by atoms with Gasteiger partial charge in [0.05, 0.1) is 13.1 Å². The summed E-state index contributed by atoms with van der Waals surface area (Å²) in [6, 6.07) is 8.15. The molecule has 1 aromatic heterocycles. The van der Waals surface area contributed by atoms with Gasteiger partial charge >= 0.3 is 0 Å². The molecule has 15 heavy (non-hydrogen) atoms. The van der Waals surface area contributed by atoms with Gasteiger partial charge in [-0.05, 0) is 17.7 Å². The fourth-order valence-electron chi connectivity index (χ4n) is 1.36. The van der Waals surface area contributed by atoms with E-state index in [4.69, 9.17) is 5.73 Å². The first kappa shape index (κ1) is 10.3. The molecule has 0 unspecified atom stereocenters. The molecule has 0 aliphatic heterocycles. The van der Waals surface area contributed by atoms with Crippen LogP contribution in [-0.4, -0.2) is 14.8 Å². The van der Waals surface area contributed by atoms with E-state index >= 15 is 0 Å². The Bertz CT molecular complexity index is 435. The van der Waals surface area contributed by atoms with Crippen LogP contribution in [0, 0.1) is 0 Å². The minimum absolute atomic E-state index is 0.413. The van der Waals surface area contributed by atoms with E-state index in [1.54, 1.807) is 6.33 Å². The third-order valence-electron chi connectivity index (χ3n) is 2.14. The molecule has 1 heterocycles. The van der Waals surface area contributed by atoms with Crippen molar-refractivity contribution in [3.63, 3.8) is 0 Å². The minimum Gasteiger partial charge on any atom is -0.324 e. The van der Waals surface area contributed by atoms with Crippen molar-refractivity contribution in [3.8, 4) is 0 Å². The number of halogens is 1. The molecule has 0 radical (unpaired) electrons. The molecule has 0 spiro atoms. The molecule has 0 aliphatic carbocycles. The van der Waals surface area contributed by atoms with E-state index in [2.05, 4.69) is 38.3 Å². The molecule has 0 aliphatic rings. The van der Waals surface area contributed by atoms with Crippen LogP contribution in [0.1, 0.15) is 11.4 Å². The van der Waals surface area contributed by atoms with Gasteiger partial charge in [-0.3, -0.25) is 0 Å². The van der Waals surface area contributed by atoms with E-state index in [0.29, 0.717) is 6.54 Å². The number of nitrogens with zero attached hydrogens (tertiary/aromatic N) is 3. The van der Waals surface area contributed by atoms with Gasteiger partial charge in [0.2, 0.25) is 0 Å². The zero-order valence-corrected chi connectivity index (χ0v) is 9.68. The van der Waals surface area contributed by atoms with Crippen LogP contribution in [0.4, 0.5) is 0 Å². The van der Waals surface area contributed by atoms with E-state index in [1.807, 2.05) is 16.7 Å². The molecule has 2 aromatic rings. The predicted molar refractivity (Wildman–Crippen MR) is 61.2 cm³/mol. The summed E-state index contributed by atoms with van der Waals surface area (Å²) < 4.78 is 3.03. The monoisotopic (exact) mass is 266 g/mol. The summed E-state index contributed by atoms with van der Waals surface area (Å²) in [6.45, 7) is 1.17. The van der Waals surface area contributed by atoms with E-state index in [0.717, 1.165) is 16.8 Å². The summed E-state index contributed by atoms with van der Waals surface area (Å²) in [6.07, 6.45) is 1.70. The summed E-state index contributed by atoms with van der Waals surface area (Å²) in [7, 11) is 0. The van der Waals surface area contributed by atoms with Crippen LogP contribution < -0.4 is 5.73 Å². The first-order valence-electron chi connectivity index (χ1n) is 4.61. The molecule has 0 saturated heterocycles. The van der Waals surface area contributed by atoms with Crippen LogP contribution in [0.15, 0.2) is 35.1 Å². The number of hydrogen-bond acceptors (Lipinski definition) is 3. The van der Waals surface area contributed by atoms with Crippen LogP contribution in [0.5, 0.6) is 0 Å². The highest BCUT2D eigenvalue weighted by molar-refractivity contribution is 9.10. The van der Waals surface area contributed by atoms with Gasteiger partial charge in [-0.25, -0.2) is 0 Å². The average molecular weight is 267 g/mol. The first-order valence-corrected chi connectivity index (χ1v) is 5.40. The van der Waals surface area contributed by atoms with Crippen LogP contribution in [0.3, 0.4) is 0 Å². The number of aromatic nitrogens is 3. The van der Waals surface area contributed by atoms with Gasteiger partial charge in [-0.15, -0.1) is 10.2 Å². The van der Waals surface area contributed by atoms with Crippen molar-refractivity contribution in [2.75, 3.05) is 0 Å². The van der Waals surface area contributed by atoms with E-state index in [-0.39, 0.29) is 0 Å². The molecular weight excluding hydrogens is 256 g/mol. The number of hydrogen-bond donors (Lipinski definition) is 1. The Balaban J connectivity index is 2.18. The molecule has 0 amide bonds. The van der Waals surface area contributed by atoms with Crippen LogP contribution >= 0.6 is 15.9 Å². The Hall–Kier alpha value is -1.20. The van der Waals surface area contributed by atoms with Gasteiger partial charge < -0.3 is 10.3 Å². The maximum absolute atomic E-state index is 5.54. The minimum atomic E-state index is 0.413. The van der Waals surface area contributed by atoms with E-state index < -0.39 is 0 Å². The molecule has 0 fully saturated rings. The fraction of sp³-hybridized carbons (Fsp3) is 0.200. The Morgan fingerprint density at radius 2 is 2.00 bits per heavy atom. The molecule has 78 valence electrons. The van der Waals surface area contributed by atoms with E-state index in [9.17, 15) is 0 Å². The smallest absolute Gasteiger partial charge is 0.146 e. The first-order chi connectivity index (χ1) is 7.29. The zero-order valence-electron chi connectivity index (χ0n) is 8.10. The van der Waals surface area contributed by atoms with Crippen molar-refractivity contribution in [3.05, 3.63) is 46.5 Å². The van der Waals surface area contributed by atoms with Crippen molar-refractivity contribution in [2.45, 2.75) is 13.1 Å². The normalized spacial score (nSPS) is 10.5. The maximum Gasteiger partial charge on any atom is 0.146 e. The molecule has 0 atom stereocenters. The molecule has 5 heteroatoms. The van der Waals surface area contributed by atoms with Gasteiger partial charge in [-0.2, -0.15) is 0 Å². The summed E-state index contributed by atoms with van der Waals surface area (Å²) in [5, 5.41) is 7.76. The van der Waals surface area contributed by atoms with Gasteiger partial charge in [0.1, 0.15) is 12.2 Å². The van der Waals surface area contributed by atoms with Crippen LogP contribution in [0.2, 0.25) is 0 Å². The Morgan fingerprint density at radius 3 is 2.67 bits per heavy atom. The fourth-order valence-corrected chi connectivity index (χ4v) is 1.62. The van der Waals surface area contributed by atoms with Crippen molar-refractivity contribution in [2.24, 2.45) is 5.73 Å². The largest absolute Gasteiger partial charge is 0.324 e. The molecule has 0 bridgehead atoms. The van der Waals surface area contributed by atoms with Crippen LogP contribution in [-0.2, 0) is 13.1 Å². The average Bonchev–Trinajstić information content (AvgIpc) is 2.69. The number of benzene rings is 1. The van der Waals surface area contributed by atoms with Gasteiger partial charge in [-0.1, -0.05) is 28.1 Å². The summed E-state index contributed by atoms with van der Waals surface area (Å²) in [4.78, 5) is 0. The lowest BCUT2D eigenvalue weighted by Crippen LogP contribution is -2.08. The molecule has 2 N–H and O–H groups in total. The molecule has 0 saturated carbocycles. The SMILES string of the molecule is NCc1nncn1Cc1ccc(Br)cc1. The summed E-state index contributed by atoms with van der Waals surface area (Å²) >= 11 is 3.40. The predicted octanol–water partition coefficient (Wildman–Crippen LogP) is 1.55. The summed E-state index contributed by atoms with van der Waals surface area (Å²) in [5.74, 6) is 0.804. The molecular formula is C10H11BrN4. The lowest BCUT2D eigenvalue weighted by Gasteiger charge is -2.04. The second-order valence-electron chi connectivity index (χ2n) is 3.21. The van der Waals surface area contributed by atoms with Crippen molar-refractivity contribution >= 4 is 15.9 Å². The zero-order chi connectivity index (χ0) is 10.7. The maximum atomic E-state index is 5.54. The lowest BCUT2D eigenvalue weighted by atomic mass is 10.2. The second kappa shape index (κ2) is 4.55. The molecule has 4 nitrogen and oxygen atoms in total. The quantitative estimate of drug-likeness (QED) is 0.917. The topological polar surface area (TPSA) is 56.7 Å². The van der Waals surface area contributed by atoms with Crippen molar-refractivity contribution in [1.29, 1.82) is 0 Å². The van der Waals surface area contributed by atoms with Gasteiger partial charge in [0.25, 0.3) is 0 Å². The molecule has 1 aromatic carbocycles. The number of rotatable bonds is 3. The van der Waals surface area contributed by atoms with Crippen LogP contribution in [0.25, 0.3) is 0 Å². The highest BCUT2D eigenvalue weighted by atomic mass is 79.9. The highest BCUT2D eigenvalue weighted by Crippen LogP contribution is 2.11. The standard InChI is InChI=1S/C10H11BrN4/c11-9-3-1-8(2-4-9)6-15-7-13-14-10(15)5-12/h1-4,7H,5-6,12H2. The van der Waals surface area contributed by atoms with Crippen molar-refractivity contribution < 1.29 is 0 Å². The molecule has 2 rings (SSSR count). The van der Waals surface area contributed by atoms with Crippen molar-refractivity contribution in [1.82, 2.24) is 14.8 Å².